The van der Waals surface area contributed by atoms with Crippen LogP contribution in [0, 0.1) is 23.7 Å². The maximum Gasteiger partial charge on any atom is 0.223 e. The molecule has 3 nitrogen and oxygen atoms in total. The summed E-state index contributed by atoms with van der Waals surface area (Å²) in [5.41, 5.74) is 5.98. The quantitative estimate of drug-likeness (QED) is 0.807. The monoisotopic (exact) mass is 266 g/mol. The van der Waals surface area contributed by atoms with Gasteiger partial charge in [-0.25, -0.2) is 0 Å². The molecule has 0 aliphatic heterocycles. The summed E-state index contributed by atoms with van der Waals surface area (Å²) in [6.45, 7) is 6.78. The van der Waals surface area contributed by atoms with Crippen LogP contribution in [0.25, 0.3) is 0 Å². The lowest BCUT2D eigenvalue weighted by molar-refractivity contribution is -0.128. The van der Waals surface area contributed by atoms with Gasteiger partial charge in [-0.2, -0.15) is 0 Å². The van der Waals surface area contributed by atoms with Crippen molar-refractivity contribution in [3.8, 4) is 0 Å². The molecule has 0 aromatic rings. The van der Waals surface area contributed by atoms with Gasteiger partial charge in [-0.1, -0.05) is 20.8 Å². The molecule has 3 heteroatoms. The van der Waals surface area contributed by atoms with E-state index >= 15 is 0 Å². The third-order valence-corrected chi connectivity index (χ3v) is 5.07. The van der Waals surface area contributed by atoms with Gasteiger partial charge in [0.25, 0.3) is 0 Å². The van der Waals surface area contributed by atoms with Gasteiger partial charge in [0, 0.05) is 18.0 Å². The zero-order chi connectivity index (χ0) is 14.0. The van der Waals surface area contributed by atoms with E-state index in [4.69, 9.17) is 5.73 Å². The highest BCUT2D eigenvalue weighted by molar-refractivity contribution is 5.79. The molecule has 0 heterocycles. The fourth-order valence-electron chi connectivity index (χ4n) is 4.20. The van der Waals surface area contributed by atoms with Crippen molar-refractivity contribution in [3.05, 3.63) is 0 Å². The SMILES string of the molecule is CC1CC(C)CC(NC(=O)C2CCC(N)CC2C)C1. The second-order valence-corrected chi connectivity index (χ2v) is 7.28. The summed E-state index contributed by atoms with van der Waals surface area (Å²) >= 11 is 0. The smallest absolute Gasteiger partial charge is 0.223 e. The summed E-state index contributed by atoms with van der Waals surface area (Å²) in [5.74, 6) is 2.39. The number of nitrogens with two attached hydrogens (primary N) is 1. The molecule has 2 aliphatic rings. The van der Waals surface area contributed by atoms with Crippen molar-refractivity contribution in [1.82, 2.24) is 5.32 Å². The first-order valence-corrected chi connectivity index (χ1v) is 8.01. The van der Waals surface area contributed by atoms with E-state index in [0.717, 1.165) is 43.9 Å². The average molecular weight is 266 g/mol. The number of hydrogen-bond donors (Lipinski definition) is 2. The normalized spacial score (nSPS) is 43.8. The summed E-state index contributed by atoms with van der Waals surface area (Å²) in [7, 11) is 0. The lowest BCUT2D eigenvalue weighted by atomic mass is 9.76. The molecule has 0 radical (unpaired) electrons. The zero-order valence-electron chi connectivity index (χ0n) is 12.7. The Balaban J connectivity index is 1.86. The van der Waals surface area contributed by atoms with E-state index in [1.165, 1.54) is 6.42 Å². The number of amides is 1. The van der Waals surface area contributed by atoms with Crippen LogP contribution in [0.2, 0.25) is 0 Å². The van der Waals surface area contributed by atoms with Crippen LogP contribution in [-0.2, 0) is 4.79 Å². The van der Waals surface area contributed by atoms with Gasteiger partial charge in [0.15, 0.2) is 0 Å². The van der Waals surface area contributed by atoms with Crippen LogP contribution in [0.1, 0.15) is 59.3 Å². The number of nitrogens with one attached hydrogen (secondary N) is 1. The van der Waals surface area contributed by atoms with E-state index in [2.05, 4.69) is 26.1 Å². The molecule has 0 bridgehead atoms. The molecule has 19 heavy (non-hydrogen) atoms. The van der Waals surface area contributed by atoms with Crippen molar-refractivity contribution in [3.63, 3.8) is 0 Å². The van der Waals surface area contributed by atoms with Gasteiger partial charge in [-0.05, 0) is 56.3 Å². The Labute approximate surface area is 117 Å². The van der Waals surface area contributed by atoms with Crippen molar-refractivity contribution < 1.29 is 4.79 Å². The number of carbonyl (C=O) groups is 1. The molecule has 0 aromatic heterocycles. The van der Waals surface area contributed by atoms with E-state index in [1.54, 1.807) is 0 Å². The summed E-state index contributed by atoms with van der Waals surface area (Å²) in [6.07, 6.45) is 6.57. The van der Waals surface area contributed by atoms with Gasteiger partial charge < -0.3 is 11.1 Å². The number of carbonyl (C=O) groups excluding carboxylic acids is 1. The van der Waals surface area contributed by atoms with Crippen molar-refractivity contribution in [1.29, 1.82) is 0 Å². The molecule has 5 unspecified atom stereocenters. The van der Waals surface area contributed by atoms with Crippen LogP contribution in [0.4, 0.5) is 0 Å². The van der Waals surface area contributed by atoms with Crippen LogP contribution < -0.4 is 11.1 Å². The molecule has 1 amide bonds. The third kappa shape index (κ3) is 3.95. The Bertz CT molecular complexity index is 308. The molecule has 0 spiro atoms. The maximum atomic E-state index is 12.4. The van der Waals surface area contributed by atoms with E-state index in [9.17, 15) is 4.79 Å². The van der Waals surface area contributed by atoms with E-state index in [1.807, 2.05) is 0 Å². The van der Waals surface area contributed by atoms with Gasteiger partial charge >= 0.3 is 0 Å². The lowest BCUT2D eigenvalue weighted by Crippen LogP contribution is -2.46. The maximum absolute atomic E-state index is 12.4. The van der Waals surface area contributed by atoms with Crippen LogP contribution in [0.5, 0.6) is 0 Å². The molecule has 3 N–H and O–H groups in total. The predicted molar refractivity (Wildman–Crippen MR) is 78.6 cm³/mol. The summed E-state index contributed by atoms with van der Waals surface area (Å²) in [5, 5.41) is 3.31. The number of hydrogen-bond acceptors (Lipinski definition) is 2. The van der Waals surface area contributed by atoms with Gasteiger partial charge in [-0.3, -0.25) is 4.79 Å². The molecule has 2 rings (SSSR count). The Morgan fingerprint density at radius 2 is 1.63 bits per heavy atom. The molecular formula is C16H30N2O. The fourth-order valence-corrected chi connectivity index (χ4v) is 4.20. The van der Waals surface area contributed by atoms with E-state index in [0.29, 0.717) is 18.0 Å². The van der Waals surface area contributed by atoms with Crippen molar-refractivity contribution in [2.75, 3.05) is 0 Å². The zero-order valence-corrected chi connectivity index (χ0v) is 12.7. The molecule has 0 saturated heterocycles. The van der Waals surface area contributed by atoms with Gasteiger partial charge in [-0.15, -0.1) is 0 Å². The number of rotatable bonds is 2. The second-order valence-electron chi connectivity index (χ2n) is 7.28. The first-order chi connectivity index (χ1) is 8.95. The Morgan fingerprint density at radius 1 is 1.00 bits per heavy atom. The lowest BCUT2D eigenvalue weighted by Gasteiger charge is -2.35. The molecule has 0 aromatic carbocycles. The minimum Gasteiger partial charge on any atom is -0.353 e. The van der Waals surface area contributed by atoms with Crippen LogP contribution >= 0.6 is 0 Å². The first kappa shape index (κ1) is 14.8. The standard InChI is InChI=1S/C16H30N2O/c1-10-6-11(2)8-14(7-10)18-16(19)15-5-4-13(17)9-12(15)3/h10-15H,4-9,17H2,1-3H3,(H,18,19). The minimum atomic E-state index is 0.187. The van der Waals surface area contributed by atoms with Gasteiger partial charge in [0.05, 0.1) is 0 Å². The molecule has 2 fully saturated rings. The summed E-state index contributed by atoms with van der Waals surface area (Å²) in [6, 6.07) is 0.697. The highest BCUT2D eigenvalue weighted by atomic mass is 16.2. The van der Waals surface area contributed by atoms with E-state index < -0.39 is 0 Å². The average Bonchev–Trinajstić information content (AvgIpc) is 2.26. The van der Waals surface area contributed by atoms with Crippen molar-refractivity contribution in [2.24, 2.45) is 29.4 Å². The van der Waals surface area contributed by atoms with Gasteiger partial charge in [0.1, 0.15) is 0 Å². The van der Waals surface area contributed by atoms with Gasteiger partial charge in [0.2, 0.25) is 5.91 Å². The van der Waals surface area contributed by atoms with Crippen LogP contribution in [0.3, 0.4) is 0 Å². The molecular weight excluding hydrogens is 236 g/mol. The Morgan fingerprint density at radius 3 is 2.21 bits per heavy atom. The fraction of sp³-hybridized carbons (Fsp3) is 0.938. The Kier molecular flexibility index (Phi) is 4.88. The topological polar surface area (TPSA) is 55.1 Å². The molecule has 110 valence electrons. The highest BCUT2D eigenvalue weighted by Gasteiger charge is 2.33. The Hall–Kier alpha value is -0.570. The summed E-state index contributed by atoms with van der Waals surface area (Å²) in [4.78, 5) is 12.4. The molecule has 2 saturated carbocycles. The van der Waals surface area contributed by atoms with Crippen LogP contribution in [-0.4, -0.2) is 18.0 Å². The largest absolute Gasteiger partial charge is 0.353 e. The van der Waals surface area contributed by atoms with Crippen molar-refractivity contribution >= 4 is 5.91 Å². The molecule has 5 atom stereocenters. The third-order valence-electron chi connectivity index (χ3n) is 5.07. The minimum absolute atomic E-state index is 0.187. The predicted octanol–water partition coefficient (Wildman–Crippen LogP) is 2.69. The molecule has 2 aliphatic carbocycles. The second kappa shape index (κ2) is 6.25. The van der Waals surface area contributed by atoms with Crippen molar-refractivity contribution in [2.45, 2.75) is 71.4 Å². The van der Waals surface area contributed by atoms with E-state index in [-0.39, 0.29) is 11.8 Å². The highest BCUT2D eigenvalue weighted by Crippen LogP contribution is 2.31. The first-order valence-electron chi connectivity index (χ1n) is 8.01. The summed E-state index contributed by atoms with van der Waals surface area (Å²) < 4.78 is 0. The van der Waals surface area contributed by atoms with Crippen LogP contribution in [0.15, 0.2) is 0 Å².